The average molecular weight is 679 g/mol. The molecule has 1 saturated carbocycles. The van der Waals surface area contributed by atoms with E-state index in [1.165, 1.54) is 30.7 Å². The summed E-state index contributed by atoms with van der Waals surface area (Å²) in [5.41, 5.74) is 2.64. The highest BCUT2D eigenvalue weighted by molar-refractivity contribution is 6.53. The maximum absolute atomic E-state index is 14.3. The number of alkyl halides is 2. The number of fused-ring (bicyclic) bond motifs is 4. The topological polar surface area (TPSA) is 107 Å². The Morgan fingerprint density at radius 1 is 0.979 bits per heavy atom. The van der Waals surface area contributed by atoms with E-state index in [0.29, 0.717) is 24.8 Å². The van der Waals surface area contributed by atoms with Gasteiger partial charge in [-0.05, 0) is 54.9 Å². The van der Waals surface area contributed by atoms with Crippen molar-refractivity contribution in [3.8, 4) is 11.5 Å². The van der Waals surface area contributed by atoms with Gasteiger partial charge < -0.3 is 9.84 Å². The number of amides is 4. The van der Waals surface area contributed by atoms with Gasteiger partial charge in [0.2, 0.25) is 11.8 Å². The van der Waals surface area contributed by atoms with E-state index in [-0.39, 0.29) is 35.8 Å². The summed E-state index contributed by atoms with van der Waals surface area (Å²) in [4.78, 5) is 56.8. The zero-order chi connectivity index (χ0) is 33.2. The third kappa shape index (κ3) is 4.84. The van der Waals surface area contributed by atoms with Gasteiger partial charge in [-0.2, -0.15) is 0 Å². The Morgan fingerprint density at radius 3 is 2.40 bits per heavy atom. The zero-order valence-corrected chi connectivity index (χ0v) is 27.8. The molecule has 47 heavy (non-hydrogen) atoms. The molecular formula is C36H37Cl2N3O6. The van der Waals surface area contributed by atoms with Crippen LogP contribution < -0.4 is 4.74 Å². The number of hydrogen-bond donors (Lipinski definition) is 1. The van der Waals surface area contributed by atoms with Crippen molar-refractivity contribution in [2.24, 2.45) is 23.7 Å². The summed E-state index contributed by atoms with van der Waals surface area (Å²) >= 11 is 14.4. The number of imide groups is 2. The normalized spacial score (nSPS) is 32.9. The van der Waals surface area contributed by atoms with Crippen molar-refractivity contribution in [3.05, 3.63) is 77.4 Å². The van der Waals surface area contributed by atoms with Gasteiger partial charge in [0.1, 0.15) is 0 Å². The van der Waals surface area contributed by atoms with Crippen LogP contribution in [0.25, 0.3) is 6.08 Å². The van der Waals surface area contributed by atoms with Crippen molar-refractivity contribution >= 4 is 52.9 Å². The van der Waals surface area contributed by atoms with Gasteiger partial charge in [-0.25, -0.2) is 0 Å². The molecule has 6 atom stereocenters. The minimum Gasteiger partial charge on any atom is -0.504 e. The summed E-state index contributed by atoms with van der Waals surface area (Å²) in [6, 6.07) is 14.9. The highest BCUT2D eigenvalue weighted by Gasteiger charge is 2.75. The van der Waals surface area contributed by atoms with Crippen LogP contribution in [0.2, 0.25) is 0 Å². The van der Waals surface area contributed by atoms with E-state index < -0.39 is 45.2 Å². The van der Waals surface area contributed by atoms with Gasteiger partial charge in [-0.3, -0.25) is 33.9 Å². The number of halogens is 2. The molecule has 5 aliphatic rings. The van der Waals surface area contributed by atoms with Crippen LogP contribution in [0, 0.1) is 23.7 Å². The number of phenols is 1. The lowest BCUT2D eigenvalue weighted by atomic mass is 9.57. The van der Waals surface area contributed by atoms with Crippen LogP contribution in [0.1, 0.15) is 36.8 Å². The van der Waals surface area contributed by atoms with Crippen LogP contribution in [0.4, 0.5) is 0 Å². The second-order valence-electron chi connectivity index (χ2n) is 13.4. The van der Waals surface area contributed by atoms with Crippen LogP contribution in [-0.4, -0.2) is 86.5 Å². The van der Waals surface area contributed by atoms with E-state index in [4.69, 9.17) is 27.9 Å². The van der Waals surface area contributed by atoms with E-state index >= 15 is 0 Å². The van der Waals surface area contributed by atoms with Crippen LogP contribution in [0.5, 0.6) is 11.5 Å². The lowest BCUT2D eigenvalue weighted by molar-refractivity contribution is -0.144. The molecule has 0 unspecified atom stereocenters. The monoisotopic (exact) mass is 677 g/mol. The number of ether oxygens (including phenoxy) is 1. The highest BCUT2D eigenvalue weighted by Crippen LogP contribution is 2.63. The molecule has 3 saturated heterocycles. The Balaban J connectivity index is 1.18. The predicted octanol–water partition coefficient (Wildman–Crippen LogP) is 4.60. The standard InChI is InChI=1S/C36H37Cl2N3O6/c1-39-33(45)35(37)19-26-24(27(36(35,38)34(39)46)12-8-21-9-13-28(42)29(18-21)47-2)10-11-25-30(26)32(44)41(31(25)43)23-14-16-40(17-15-23)20-22-6-4-3-5-7-22/h3-10,12-13,18,23,25-27,30,42H,11,14-17,19-20H2,1-2H3/t25-,26+,27-,30-,35+,36-/m0/s1. The SMILES string of the molecule is COc1cc(C=C[C@H]2C3=CC[C@@H]4C(=O)N(C5CCN(Cc6ccccc6)CC5)C(=O)[C@@H]4[C@@H]3C[C@@]3(Cl)C(=O)N(C)C(=O)[C@@]23Cl)ccc1O. The molecule has 3 aliphatic heterocycles. The highest BCUT2D eigenvalue weighted by atomic mass is 35.5. The number of nitrogens with zero attached hydrogens (tertiary/aromatic N) is 3. The summed E-state index contributed by atoms with van der Waals surface area (Å²) in [5.74, 6) is -3.99. The molecular weight excluding hydrogens is 641 g/mol. The maximum Gasteiger partial charge on any atom is 0.253 e. The number of piperidine rings is 1. The molecule has 2 aromatic rings. The van der Waals surface area contributed by atoms with E-state index in [2.05, 4.69) is 17.0 Å². The van der Waals surface area contributed by atoms with Gasteiger partial charge in [-0.15, -0.1) is 23.2 Å². The molecule has 2 aliphatic carbocycles. The fourth-order valence-corrected chi connectivity index (χ4v) is 9.53. The van der Waals surface area contributed by atoms with Gasteiger partial charge in [0.25, 0.3) is 11.8 Å². The number of methoxy groups -OCH3 is 1. The lowest BCUT2D eigenvalue weighted by Crippen LogP contribution is -2.60. The van der Waals surface area contributed by atoms with Crippen LogP contribution >= 0.6 is 23.2 Å². The first-order chi connectivity index (χ1) is 22.5. The number of carbonyl (C=O) groups excluding carboxylic acids is 4. The fraction of sp³-hybridized carbons (Fsp3) is 0.444. The van der Waals surface area contributed by atoms with Crippen LogP contribution in [0.3, 0.4) is 0 Å². The quantitative estimate of drug-likeness (QED) is 0.271. The summed E-state index contributed by atoms with van der Waals surface area (Å²) < 4.78 is 5.25. The Labute approximate surface area is 283 Å². The second kappa shape index (κ2) is 11.8. The van der Waals surface area contributed by atoms with Crippen LogP contribution in [0.15, 0.2) is 66.3 Å². The van der Waals surface area contributed by atoms with Crippen molar-refractivity contribution in [1.29, 1.82) is 0 Å². The fourth-order valence-electron chi connectivity index (χ4n) is 8.56. The number of aromatic hydroxyl groups is 1. The van der Waals surface area contributed by atoms with Crippen molar-refractivity contribution in [1.82, 2.24) is 14.7 Å². The van der Waals surface area contributed by atoms with Gasteiger partial charge in [0, 0.05) is 38.6 Å². The van der Waals surface area contributed by atoms with E-state index in [1.807, 2.05) is 24.3 Å². The van der Waals surface area contributed by atoms with Crippen molar-refractivity contribution in [2.45, 2.75) is 48.0 Å². The molecule has 4 fully saturated rings. The first-order valence-electron chi connectivity index (χ1n) is 16.1. The van der Waals surface area contributed by atoms with E-state index in [9.17, 15) is 24.3 Å². The molecule has 2 aromatic carbocycles. The molecule has 246 valence electrons. The minimum absolute atomic E-state index is 0.0222. The Morgan fingerprint density at radius 2 is 1.70 bits per heavy atom. The van der Waals surface area contributed by atoms with Gasteiger partial charge in [0.05, 0.1) is 18.9 Å². The van der Waals surface area contributed by atoms with Gasteiger partial charge in [-0.1, -0.05) is 60.2 Å². The molecule has 7 rings (SSSR count). The first kappa shape index (κ1) is 31.9. The van der Waals surface area contributed by atoms with E-state index in [0.717, 1.165) is 30.1 Å². The number of rotatable bonds is 6. The lowest BCUT2D eigenvalue weighted by Gasteiger charge is -2.49. The summed E-state index contributed by atoms with van der Waals surface area (Å²) in [5, 5.41) is 10.1. The predicted molar refractivity (Wildman–Crippen MR) is 177 cm³/mol. The summed E-state index contributed by atoms with van der Waals surface area (Å²) in [6.07, 6.45) is 7.13. The molecule has 0 spiro atoms. The number of carbonyl (C=O) groups is 4. The third-order valence-electron chi connectivity index (χ3n) is 11.0. The summed E-state index contributed by atoms with van der Waals surface area (Å²) in [6.45, 7) is 2.37. The smallest absolute Gasteiger partial charge is 0.253 e. The van der Waals surface area contributed by atoms with Gasteiger partial charge in [0.15, 0.2) is 21.2 Å². The minimum atomic E-state index is -1.83. The van der Waals surface area contributed by atoms with Gasteiger partial charge >= 0.3 is 0 Å². The largest absolute Gasteiger partial charge is 0.504 e. The van der Waals surface area contributed by atoms with Crippen molar-refractivity contribution in [2.75, 3.05) is 27.2 Å². The molecule has 1 N–H and O–H groups in total. The molecule has 4 amide bonds. The molecule has 9 nitrogen and oxygen atoms in total. The number of benzene rings is 2. The average Bonchev–Trinajstić information content (AvgIpc) is 3.40. The molecule has 11 heteroatoms. The zero-order valence-electron chi connectivity index (χ0n) is 26.3. The molecule has 0 radical (unpaired) electrons. The van der Waals surface area contributed by atoms with Crippen molar-refractivity contribution < 1.29 is 29.0 Å². The number of phenolic OH excluding ortho intramolecular Hbond substituents is 1. The number of likely N-dealkylation sites (tertiary alicyclic amines) is 3. The Hall–Kier alpha value is -3.66. The third-order valence-corrected chi connectivity index (χ3v) is 12.4. The first-order valence-corrected chi connectivity index (χ1v) is 16.8. The summed E-state index contributed by atoms with van der Waals surface area (Å²) in [7, 11) is 2.82. The molecule has 0 aromatic heterocycles. The molecule has 0 bridgehead atoms. The Kier molecular flexibility index (Phi) is 8.01. The second-order valence-corrected chi connectivity index (χ2v) is 14.6. The number of allylic oxidation sites excluding steroid dienone is 3. The maximum atomic E-state index is 14.3. The van der Waals surface area contributed by atoms with Crippen LogP contribution in [-0.2, 0) is 25.7 Å². The van der Waals surface area contributed by atoms with E-state index in [1.54, 1.807) is 24.3 Å². The number of hydrogen-bond acceptors (Lipinski definition) is 7. The van der Waals surface area contributed by atoms with Crippen molar-refractivity contribution in [3.63, 3.8) is 0 Å². The Bertz CT molecular complexity index is 1710. The molecule has 3 heterocycles.